The molecule has 1 aromatic heterocycles. The van der Waals surface area contributed by atoms with Gasteiger partial charge in [0.15, 0.2) is 0 Å². The lowest BCUT2D eigenvalue weighted by Gasteiger charge is -2.35. The van der Waals surface area contributed by atoms with Gasteiger partial charge in [-0.05, 0) is 20.8 Å². The molecule has 0 aromatic carbocycles. The summed E-state index contributed by atoms with van der Waals surface area (Å²) >= 11 is 0. The van der Waals surface area contributed by atoms with Crippen molar-refractivity contribution in [1.29, 1.82) is 0 Å². The van der Waals surface area contributed by atoms with Gasteiger partial charge in [-0.1, -0.05) is 0 Å². The van der Waals surface area contributed by atoms with Crippen LogP contribution in [0.1, 0.15) is 38.2 Å². The average molecular weight is 252 g/mol. The molecule has 2 heterocycles. The van der Waals surface area contributed by atoms with Crippen LogP contribution in [0.4, 0.5) is 4.79 Å². The maximum absolute atomic E-state index is 12.1. The Morgan fingerprint density at radius 3 is 3.00 bits per heavy atom. The number of fused-ring (bicyclic) bond motifs is 1. The van der Waals surface area contributed by atoms with Crippen LogP contribution in [-0.2, 0) is 11.2 Å². The lowest BCUT2D eigenvalue weighted by molar-refractivity contribution is 0.0145. The fourth-order valence-corrected chi connectivity index (χ4v) is 2.13. The van der Waals surface area contributed by atoms with E-state index >= 15 is 0 Å². The zero-order valence-electron chi connectivity index (χ0n) is 11.1. The second-order valence-electron chi connectivity index (χ2n) is 5.44. The Hall–Kier alpha value is -1.56. The van der Waals surface area contributed by atoms with Crippen LogP contribution >= 0.6 is 0 Å². The van der Waals surface area contributed by atoms with Crippen LogP contribution < -0.4 is 5.73 Å². The maximum atomic E-state index is 12.1. The van der Waals surface area contributed by atoms with Gasteiger partial charge in [0.25, 0.3) is 0 Å². The number of nitrogens with one attached hydrogen (secondary N) is 1. The molecule has 0 aliphatic carbocycles. The van der Waals surface area contributed by atoms with Crippen molar-refractivity contribution in [3.05, 3.63) is 17.7 Å². The molecule has 0 bridgehead atoms. The lowest BCUT2D eigenvalue weighted by Crippen LogP contribution is -2.45. The number of rotatable bonds is 1. The van der Waals surface area contributed by atoms with Gasteiger partial charge in [-0.2, -0.15) is 0 Å². The van der Waals surface area contributed by atoms with E-state index in [1.54, 1.807) is 11.2 Å². The van der Waals surface area contributed by atoms with Gasteiger partial charge in [0.1, 0.15) is 5.60 Å². The number of aromatic nitrogens is 2. The molecule has 6 heteroatoms. The van der Waals surface area contributed by atoms with Crippen LogP contribution in [0.25, 0.3) is 0 Å². The van der Waals surface area contributed by atoms with Crippen molar-refractivity contribution in [2.24, 2.45) is 5.73 Å². The molecule has 2 rings (SSSR count). The third kappa shape index (κ3) is 2.48. The zero-order valence-corrected chi connectivity index (χ0v) is 11.1. The normalized spacial score (nSPS) is 19.6. The molecule has 0 saturated heterocycles. The molecule has 1 amide bonds. The van der Waals surface area contributed by atoms with E-state index < -0.39 is 5.60 Å². The van der Waals surface area contributed by atoms with Gasteiger partial charge in [0, 0.05) is 25.2 Å². The fourth-order valence-electron chi connectivity index (χ4n) is 2.13. The number of nitrogens with zero attached hydrogens (tertiary/aromatic N) is 2. The Morgan fingerprint density at radius 1 is 1.67 bits per heavy atom. The third-order valence-electron chi connectivity index (χ3n) is 2.90. The highest BCUT2D eigenvalue weighted by Crippen LogP contribution is 2.27. The Kier molecular flexibility index (Phi) is 3.30. The number of aromatic amines is 1. The minimum atomic E-state index is -0.498. The smallest absolute Gasteiger partial charge is 0.410 e. The molecule has 6 nitrogen and oxygen atoms in total. The largest absolute Gasteiger partial charge is 0.444 e. The molecular weight excluding hydrogens is 232 g/mol. The lowest BCUT2D eigenvalue weighted by atomic mass is 10.0. The quantitative estimate of drug-likeness (QED) is 0.786. The topological polar surface area (TPSA) is 84.2 Å². The summed E-state index contributed by atoms with van der Waals surface area (Å²) < 4.78 is 5.39. The number of imidazole rings is 1. The molecule has 1 aromatic rings. The first-order chi connectivity index (χ1) is 8.42. The number of hydrogen-bond donors (Lipinski definition) is 2. The SMILES string of the molecule is CC(C)(C)OC(=O)N1CCc2[nH]cnc2C1CN. The summed E-state index contributed by atoms with van der Waals surface area (Å²) in [5.41, 5.74) is 7.18. The molecule has 1 aliphatic rings. The first kappa shape index (κ1) is 12.9. The van der Waals surface area contributed by atoms with Crippen LogP contribution in [0.5, 0.6) is 0 Å². The molecule has 0 radical (unpaired) electrons. The van der Waals surface area contributed by atoms with Crippen molar-refractivity contribution in [3.8, 4) is 0 Å². The van der Waals surface area contributed by atoms with Crippen molar-refractivity contribution in [2.45, 2.75) is 38.8 Å². The number of nitrogens with two attached hydrogens (primary N) is 1. The Bertz CT molecular complexity index is 436. The standard InChI is InChI=1S/C12H20N4O2/c1-12(2,3)18-11(17)16-5-4-8-10(9(16)6-13)15-7-14-8/h7,9H,4-6,13H2,1-3H3,(H,14,15). The molecule has 18 heavy (non-hydrogen) atoms. The molecule has 0 saturated carbocycles. The summed E-state index contributed by atoms with van der Waals surface area (Å²) in [6, 6.07) is -0.199. The highest BCUT2D eigenvalue weighted by Gasteiger charge is 2.34. The van der Waals surface area contributed by atoms with Crippen molar-refractivity contribution in [1.82, 2.24) is 14.9 Å². The number of H-pyrrole nitrogens is 1. The minimum Gasteiger partial charge on any atom is -0.444 e. The zero-order chi connectivity index (χ0) is 13.3. The fraction of sp³-hybridized carbons (Fsp3) is 0.667. The molecule has 1 unspecified atom stereocenters. The molecule has 1 atom stereocenters. The molecule has 3 N–H and O–H groups in total. The Labute approximate surface area is 107 Å². The molecule has 100 valence electrons. The van der Waals surface area contributed by atoms with Gasteiger partial charge in [-0.15, -0.1) is 0 Å². The van der Waals surface area contributed by atoms with E-state index in [1.807, 2.05) is 20.8 Å². The molecule has 1 aliphatic heterocycles. The number of amides is 1. The van der Waals surface area contributed by atoms with E-state index in [4.69, 9.17) is 10.5 Å². The number of ether oxygens (including phenoxy) is 1. The predicted molar refractivity (Wildman–Crippen MR) is 67.0 cm³/mol. The summed E-state index contributed by atoms with van der Waals surface area (Å²) in [5.74, 6) is 0. The van der Waals surface area contributed by atoms with E-state index in [1.165, 1.54) is 0 Å². The first-order valence-electron chi connectivity index (χ1n) is 6.14. The van der Waals surface area contributed by atoms with Crippen LogP contribution in [0.3, 0.4) is 0 Å². The van der Waals surface area contributed by atoms with Crippen LogP contribution in [0, 0.1) is 0 Å². The number of hydrogen-bond acceptors (Lipinski definition) is 4. The van der Waals surface area contributed by atoms with Crippen molar-refractivity contribution < 1.29 is 9.53 Å². The predicted octanol–water partition coefficient (Wildman–Crippen LogP) is 1.20. The summed E-state index contributed by atoms with van der Waals surface area (Å²) in [4.78, 5) is 21.1. The van der Waals surface area contributed by atoms with Gasteiger partial charge in [-0.25, -0.2) is 9.78 Å². The Balaban J connectivity index is 2.17. The Morgan fingerprint density at radius 2 is 2.39 bits per heavy atom. The van der Waals surface area contributed by atoms with Gasteiger partial charge in [0.05, 0.1) is 18.1 Å². The summed E-state index contributed by atoms with van der Waals surface area (Å²) in [6.45, 7) is 6.51. The average Bonchev–Trinajstić information content (AvgIpc) is 2.72. The summed E-state index contributed by atoms with van der Waals surface area (Å²) in [7, 11) is 0. The van der Waals surface area contributed by atoms with Crippen molar-refractivity contribution >= 4 is 6.09 Å². The maximum Gasteiger partial charge on any atom is 0.410 e. The first-order valence-corrected chi connectivity index (χ1v) is 6.14. The van der Waals surface area contributed by atoms with Crippen LogP contribution in [0.15, 0.2) is 6.33 Å². The van der Waals surface area contributed by atoms with Gasteiger partial charge < -0.3 is 15.5 Å². The van der Waals surface area contributed by atoms with Crippen LogP contribution in [-0.4, -0.2) is 39.7 Å². The van der Waals surface area contributed by atoms with Gasteiger partial charge in [-0.3, -0.25) is 4.90 Å². The highest BCUT2D eigenvalue weighted by molar-refractivity contribution is 5.69. The number of carbonyl (C=O) groups is 1. The second-order valence-corrected chi connectivity index (χ2v) is 5.44. The van der Waals surface area contributed by atoms with E-state index in [0.717, 1.165) is 17.8 Å². The van der Waals surface area contributed by atoms with E-state index in [-0.39, 0.29) is 12.1 Å². The van der Waals surface area contributed by atoms with E-state index in [0.29, 0.717) is 13.1 Å². The highest BCUT2D eigenvalue weighted by atomic mass is 16.6. The molecular formula is C12H20N4O2. The van der Waals surface area contributed by atoms with Crippen molar-refractivity contribution in [2.75, 3.05) is 13.1 Å². The van der Waals surface area contributed by atoms with Crippen LogP contribution in [0.2, 0.25) is 0 Å². The number of carbonyl (C=O) groups excluding carboxylic acids is 1. The van der Waals surface area contributed by atoms with Gasteiger partial charge in [0.2, 0.25) is 0 Å². The van der Waals surface area contributed by atoms with Crippen molar-refractivity contribution in [3.63, 3.8) is 0 Å². The second kappa shape index (κ2) is 4.61. The van der Waals surface area contributed by atoms with E-state index in [9.17, 15) is 4.79 Å². The van der Waals surface area contributed by atoms with E-state index in [2.05, 4.69) is 9.97 Å². The minimum absolute atomic E-state index is 0.199. The third-order valence-corrected chi connectivity index (χ3v) is 2.90. The molecule has 0 fully saturated rings. The summed E-state index contributed by atoms with van der Waals surface area (Å²) in [6.07, 6.45) is 2.07. The monoisotopic (exact) mass is 252 g/mol. The summed E-state index contributed by atoms with van der Waals surface area (Å²) in [5, 5.41) is 0. The van der Waals surface area contributed by atoms with Gasteiger partial charge >= 0.3 is 6.09 Å². The molecule has 0 spiro atoms.